The van der Waals surface area contributed by atoms with Gasteiger partial charge in [0.2, 0.25) is 0 Å². The van der Waals surface area contributed by atoms with E-state index in [9.17, 15) is 4.79 Å². The zero-order chi connectivity index (χ0) is 18.2. The molecule has 0 aromatic heterocycles. The van der Waals surface area contributed by atoms with Gasteiger partial charge in [-0.05, 0) is 48.2 Å². The van der Waals surface area contributed by atoms with Crippen LogP contribution in [0.15, 0.2) is 48.5 Å². The lowest BCUT2D eigenvalue weighted by Gasteiger charge is -2.26. The summed E-state index contributed by atoms with van der Waals surface area (Å²) in [6, 6.07) is 15.7. The normalized spacial score (nSPS) is 15.0. The van der Waals surface area contributed by atoms with Crippen molar-refractivity contribution in [2.75, 3.05) is 32.8 Å². The smallest absolute Gasteiger partial charge is 0.251 e. The zero-order valence-electron chi connectivity index (χ0n) is 14.9. The molecule has 1 heterocycles. The SMILES string of the molecule is O=C(NCCCc1ccc(Cl)cc1)c1ccc(CN2CCOCC2)cc1. The molecule has 2 aromatic carbocycles. The number of nitrogens with zero attached hydrogens (tertiary/aromatic N) is 1. The topological polar surface area (TPSA) is 41.6 Å². The van der Waals surface area contributed by atoms with Crippen LogP contribution in [0.3, 0.4) is 0 Å². The van der Waals surface area contributed by atoms with E-state index >= 15 is 0 Å². The van der Waals surface area contributed by atoms with Gasteiger partial charge in [-0.1, -0.05) is 35.9 Å². The summed E-state index contributed by atoms with van der Waals surface area (Å²) in [7, 11) is 0. The Bertz CT molecular complexity index is 695. The van der Waals surface area contributed by atoms with Crippen LogP contribution in [-0.2, 0) is 17.7 Å². The van der Waals surface area contributed by atoms with E-state index in [1.54, 1.807) is 0 Å². The average molecular weight is 373 g/mol. The number of hydrogen-bond donors (Lipinski definition) is 1. The van der Waals surface area contributed by atoms with Crippen molar-refractivity contribution in [3.05, 3.63) is 70.2 Å². The van der Waals surface area contributed by atoms with Crippen LogP contribution in [-0.4, -0.2) is 43.7 Å². The maximum Gasteiger partial charge on any atom is 0.251 e. The summed E-state index contributed by atoms with van der Waals surface area (Å²) in [6.07, 6.45) is 1.83. The third kappa shape index (κ3) is 5.84. The van der Waals surface area contributed by atoms with Crippen LogP contribution >= 0.6 is 11.6 Å². The van der Waals surface area contributed by atoms with E-state index in [1.165, 1.54) is 11.1 Å². The summed E-state index contributed by atoms with van der Waals surface area (Å²) < 4.78 is 5.37. The maximum absolute atomic E-state index is 12.2. The van der Waals surface area contributed by atoms with Gasteiger partial charge < -0.3 is 10.1 Å². The Morgan fingerprint density at radius 1 is 1.00 bits per heavy atom. The first-order chi connectivity index (χ1) is 12.7. The standard InChI is InChI=1S/C21H25ClN2O2/c22-20-9-5-17(6-10-20)2-1-11-23-21(25)19-7-3-18(4-8-19)16-24-12-14-26-15-13-24/h3-10H,1-2,11-16H2,(H,23,25). The highest BCUT2D eigenvalue weighted by Gasteiger charge is 2.11. The summed E-state index contributed by atoms with van der Waals surface area (Å²) in [4.78, 5) is 14.6. The first-order valence-electron chi connectivity index (χ1n) is 9.12. The predicted octanol–water partition coefficient (Wildman–Crippen LogP) is 3.53. The molecular formula is C21H25ClN2O2. The van der Waals surface area contributed by atoms with Crippen molar-refractivity contribution in [3.8, 4) is 0 Å². The molecule has 5 heteroatoms. The lowest BCUT2D eigenvalue weighted by molar-refractivity contribution is 0.0342. The lowest BCUT2D eigenvalue weighted by Crippen LogP contribution is -2.35. The van der Waals surface area contributed by atoms with E-state index in [0.717, 1.165) is 50.7 Å². The fraction of sp³-hybridized carbons (Fsp3) is 0.381. The fourth-order valence-corrected chi connectivity index (χ4v) is 3.15. The summed E-state index contributed by atoms with van der Waals surface area (Å²) in [5.74, 6) is -0.0148. The van der Waals surface area contributed by atoms with Gasteiger partial charge in [0.05, 0.1) is 13.2 Å². The van der Waals surface area contributed by atoms with E-state index in [4.69, 9.17) is 16.3 Å². The molecule has 4 nitrogen and oxygen atoms in total. The van der Waals surface area contributed by atoms with Crippen molar-refractivity contribution in [1.29, 1.82) is 0 Å². The van der Waals surface area contributed by atoms with E-state index in [1.807, 2.05) is 48.5 Å². The van der Waals surface area contributed by atoms with Crippen LogP contribution < -0.4 is 5.32 Å². The number of hydrogen-bond acceptors (Lipinski definition) is 3. The minimum absolute atomic E-state index is 0.0148. The van der Waals surface area contributed by atoms with Gasteiger partial charge in [-0.3, -0.25) is 9.69 Å². The molecule has 138 valence electrons. The van der Waals surface area contributed by atoms with Crippen LogP contribution in [0, 0.1) is 0 Å². The maximum atomic E-state index is 12.2. The Labute approximate surface area is 160 Å². The fourth-order valence-electron chi connectivity index (χ4n) is 3.03. The van der Waals surface area contributed by atoms with Crippen LogP contribution in [0.4, 0.5) is 0 Å². The van der Waals surface area contributed by atoms with Crippen molar-refractivity contribution in [3.63, 3.8) is 0 Å². The molecule has 0 unspecified atom stereocenters. The molecule has 0 aliphatic carbocycles. The van der Waals surface area contributed by atoms with Crippen LogP contribution in [0.1, 0.15) is 27.9 Å². The van der Waals surface area contributed by atoms with Gasteiger partial charge >= 0.3 is 0 Å². The molecule has 1 amide bonds. The largest absolute Gasteiger partial charge is 0.379 e. The third-order valence-corrected chi connectivity index (χ3v) is 4.82. The van der Waals surface area contributed by atoms with Gasteiger partial charge in [0.25, 0.3) is 5.91 Å². The second-order valence-corrected chi connectivity index (χ2v) is 7.01. The molecule has 3 rings (SSSR count). The van der Waals surface area contributed by atoms with E-state index in [0.29, 0.717) is 12.1 Å². The molecule has 1 saturated heterocycles. The zero-order valence-corrected chi connectivity index (χ0v) is 15.7. The van der Waals surface area contributed by atoms with Gasteiger partial charge in [-0.15, -0.1) is 0 Å². The van der Waals surface area contributed by atoms with Crippen molar-refractivity contribution < 1.29 is 9.53 Å². The quantitative estimate of drug-likeness (QED) is 0.756. The van der Waals surface area contributed by atoms with Crippen LogP contribution in [0.25, 0.3) is 0 Å². The number of ether oxygens (including phenoxy) is 1. The molecule has 0 atom stereocenters. The molecule has 2 aromatic rings. The summed E-state index contributed by atoms with van der Waals surface area (Å²) in [5.41, 5.74) is 3.17. The highest BCUT2D eigenvalue weighted by Crippen LogP contribution is 2.11. The minimum atomic E-state index is -0.0148. The highest BCUT2D eigenvalue weighted by molar-refractivity contribution is 6.30. The Morgan fingerprint density at radius 3 is 2.35 bits per heavy atom. The number of aryl methyl sites for hydroxylation is 1. The molecular weight excluding hydrogens is 348 g/mol. The van der Waals surface area contributed by atoms with Crippen molar-refractivity contribution in [2.24, 2.45) is 0 Å². The van der Waals surface area contributed by atoms with Crippen LogP contribution in [0.5, 0.6) is 0 Å². The van der Waals surface area contributed by atoms with Gasteiger partial charge in [0.15, 0.2) is 0 Å². The third-order valence-electron chi connectivity index (χ3n) is 4.57. The highest BCUT2D eigenvalue weighted by atomic mass is 35.5. The average Bonchev–Trinajstić information content (AvgIpc) is 2.68. The monoisotopic (exact) mass is 372 g/mol. The first-order valence-corrected chi connectivity index (χ1v) is 9.50. The first kappa shape index (κ1) is 18.9. The number of morpholine rings is 1. The number of carbonyl (C=O) groups excluding carboxylic acids is 1. The Kier molecular flexibility index (Phi) is 7.06. The molecule has 1 N–H and O–H groups in total. The summed E-state index contributed by atoms with van der Waals surface area (Å²) in [6.45, 7) is 5.11. The van der Waals surface area contributed by atoms with Crippen molar-refractivity contribution in [2.45, 2.75) is 19.4 Å². The number of benzene rings is 2. The summed E-state index contributed by atoms with van der Waals surface area (Å²) in [5, 5.41) is 3.74. The molecule has 0 spiro atoms. The van der Waals surface area contributed by atoms with Crippen molar-refractivity contribution >= 4 is 17.5 Å². The predicted molar refractivity (Wildman–Crippen MR) is 105 cm³/mol. The second kappa shape index (κ2) is 9.72. The van der Waals surface area contributed by atoms with Gasteiger partial charge in [0, 0.05) is 36.8 Å². The van der Waals surface area contributed by atoms with Crippen LogP contribution in [0.2, 0.25) is 5.02 Å². The number of nitrogens with one attached hydrogen (secondary N) is 1. The van der Waals surface area contributed by atoms with Gasteiger partial charge in [-0.2, -0.15) is 0 Å². The molecule has 1 fully saturated rings. The summed E-state index contributed by atoms with van der Waals surface area (Å²) >= 11 is 5.88. The van der Waals surface area contributed by atoms with Gasteiger partial charge in [-0.25, -0.2) is 0 Å². The van der Waals surface area contributed by atoms with Crippen molar-refractivity contribution in [1.82, 2.24) is 10.2 Å². The molecule has 26 heavy (non-hydrogen) atoms. The number of carbonyl (C=O) groups is 1. The van der Waals surface area contributed by atoms with E-state index in [-0.39, 0.29) is 5.91 Å². The number of amides is 1. The molecule has 0 radical (unpaired) electrons. The lowest BCUT2D eigenvalue weighted by atomic mass is 10.1. The van der Waals surface area contributed by atoms with E-state index < -0.39 is 0 Å². The number of rotatable bonds is 7. The van der Waals surface area contributed by atoms with Gasteiger partial charge in [0.1, 0.15) is 0 Å². The Hall–Kier alpha value is -1.88. The Balaban J connectivity index is 1.40. The molecule has 1 aliphatic rings. The number of halogens is 1. The van der Waals surface area contributed by atoms with E-state index in [2.05, 4.69) is 10.2 Å². The second-order valence-electron chi connectivity index (χ2n) is 6.57. The molecule has 0 bridgehead atoms. The minimum Gasteiger partial charge on any atom is -0.379 e. The Morgan fingerprint density at radius 2 is 1.65 bits per heavy atom. The molecule has 0 saturated carbocycles. The molecule has 1 aliphatic heterocycles.